The van der Waals surface area contributed by atoms with Crippen molar-refractivity contribution in [2.75, 3.05) is 0 Å². The Morgan fingerprint density at radius 1 is 1.27 bits per heavy atom. The molecule has 0 aliphatic carbocycles. The third kappa shape index (κ3) is 1.75. The van der Waals surface area contributed by atoms with Crippen LogP contribution >= 0.6 is 11.6 Å². The zero-order valence-corrected chi connectivity index (χ0v) is 9.21. The van der Waals surface area contributed by atoms with E-state index in [0.717, 1.165) is 34.6 Å². The van der Waals surface area contributed by atoms with Crippen LogP contribution in [0.4, 0.5) is 0 Å². The van der Waals surface area contributed by atoms with Gasteiger partial charge in [-0.25, -0.2) is 0 Å². The monoisotopic (exact) mass is 218 g/mol. The smallest absolute Gasteiger partial charge is 0.150 e. The van der Waals surface area contributed by atoms with Gasteiger partial charge in [-0.1, -0.05) is 36.7 Å². The van der Waals surface area contributed by atoms with Crippen molar-refractivity contribution < 1.29 is 4.79 Å². The van der Waals surface area contributed by atoms with E-state index in [9.17, 15) is 4.79 Å². The average molecular weight is 219 g/mol. The Morgan fingerprint density at radius 3 is 2.67 bits per heavy atom. The molecule has 0 fully saturated rings. The van der Waals surface area contributed by atoms with E-state index in [2.05, 4.69) is 0 Å². The summed E-state index contributed by atoms with van der Waals surface area (Å²) < 4.78 is 0. The van der Waals surface area contributed by atoms with Gasteiger partial charge in [-0.2, -0.15) is 0 Å². The molecule has 0 aliphatic rings. The summed E-state index contributed by atoms with van der Waals surface area (Å²) in [5.41, 5.74) is 1.83. The summed E-state index contributed by atoms with van der Waals surface area (Å²) >= 11 is 5.93. The van der Waals surface area contributed by atoms with Crippen LogP contribution in [-0.2, 0) is 6.42 Å². The first-order valence-corrected chi connectivity index (χ1v) is 5.30. The Kier molecular flexibility index (Phi) is 2.74. The molecule has 2 aromatic rings. The summed E-state index contributed by atoms with van der Waals surface area (Å²) in [7, 11) is 0. The van der Waals surface area contributed by atoms with E-state index in [1.54, 1.807) is 0 Å². The third-order valence-electron chi connectivity index (χ3n) is 2.61. The zero-order chi connectivity index (χ0) is 10.8. The lowest BCUT2D eigenvalue weighted by atomic mass is 9.98. The van der Waals surface area contributed by atoms with Crippen molar-refractivity contribution in [2.24, 2.45) is 0 Å². The number of aryl methyl sites for hydroxylation is 1. The van der Waals surface area contributed by atoms with E-state index in [4.69, 9.17) is 11.6 Å². The largest absolute Gasteiger partial charge is 0.298 e. The Hall–Kier alpha value is -1.34. The van der Waals surface area contributed by atoms with E-state index in [-0.39, 0.29) is 0 Å². The fraction of sp³-hybridized carbons (Fsp3) is 0.154. The van der Waals surface area contributed by atoms with Gasteiger partial charge in [0.2, 0.25) is 0 Å². The first kappa shape index (κ1) is 10.2. The second kappa shape index (κ2) is 4.03. The molecule has 1 nitrogen and oxygen atoms in total. The number of hydrogen-bond acceptors (Lipinski definition) is 1. The van der Waals surface area contributed by atoms with Gasteiger partial charge in [0.25, 0.3) is 0 Å². The van der Waals surface area contributed by atoms with Crippen LogP contribution in [0.5, 0.6) is 0 Å². The number of fused-ring (bicyclic) bond motifs is 1. The molecule has 2 aromatic carbocycles. The van der Waals surface area contributed by atoms with Crippen molar-refractivity contribution in [2.45, 2.75) is 13.3 Å². The van der Waals surface area contributed by atoms with Gasteiger partial charge in [-0.15, -0.1) is 0 Å². The van der Waals surface area contributed by atoms with E-state index in [0.29, 0.717) is 5.02 Å². The van der Waals surface area contributed by atoms with Crippen molar-refractivity contribution in [1.29, 1.82) is 0 Å². The second-order valence-electron chi connectivity index (χ2n) is 3.48. The Labute approximate surface area is 93.7 Å². The van der Waals surface area contributed by atoms with Crippen LogP contribution in [0.2, 0.25) is 5.02 Å². The number of carbonyl (C=O) groups is 1. The Balaban J connectivity index is 2.84. The molecule has 0 aliphatic heterocycles. The maximum absolute atomic E-state index is 11.1. The molecular weight excluding hydrogens is 208 g/mol. The van der Waals surface area contributed by atoms with Crippen LogP contribution in [0.3, 0.4) is 0 Å². The summed E-state index contributed by atoms with van der Waals surface area (Å²) in [6.07, 6.45) is 1.77. The fourth-order valence-corrected chi connectivity index (χ4v) is 1.98. The first-order chi connectivity index (χ1) is 7.26. The summed E-state index contributed by atoms with van der Waals surface area (Å²) in [4.78, 5) is 11.1. The van der Waals surface area contributed by atoms with E-state index < -0.39 is 0 Å². The van der Waals surface area contributed by atoms with Gasteiger partial charge in [0.05, 0.1) is 0 Å². The highest BCUT2D eigenvalue weighted by molar-refractivity contribution is 6.31. The Bertz CT molecular complexity index is 517. The lowest BCUT2D eigenvalue weighted by Crippen LogP contribution is -1.92. The molecule has 0 radical (unpaired) electrons. The SMILES string of the molecule is CCc1ccc2ccc(Cl)cc2c1C=O. The first-order valence-electron chi connectivity index (χ1n) is 4.92. The van der Waals surface area contributed by atoms with Gasteiger partial charge in [0.1, 0.15) is 0 Å². The lowest BCUT2D eigenvalue weighted by Gasteiger charge is -2.06. The highest BCUT2D eigenvalue weighted by Crippen LogP contribution is 2.24. The molecule has 0 unspecified atom stereocenters. The Morgan fingerprint density at radius 2 is 2.00 bits per heavy atom. The molecule has 76 valence electrons. The molecule has 0 saturated carbocycles. The number of aldehydes is 1. The van der Waals surface area contributed by atoms with Gasteiger partial charge >= 0.3 is 0 Å². The molecule has 2 heteroatoms. The topological polar surface area (TPSA) is 17.1 Å². The van der Waals surface area contributed by atoms with Crippen molar-refractivity contribution in [1.82, 2.24) is 0 Å². The van der Waals surface area contributed by atoms with Crippen molar-refractivity contribution in [3.8, 4) is 0 Å². The predicted molar refractivity (Wildman–Crippen MR) is 63.7 cm³/mol. The normalized spacial score (nSPS) is 10.5. The third-order valence-corrected chi connectivity index (χ3v) is 2.85. The molecule has 0 N–H and O–H groups in total. The van der Waals surface area contributed by atoms with Crippen LogP contribution in [0.1, 0.15) is 22.8 Å². The van der Waals surface area contributed by atoms with Gasteiger partial charge in [0, 0.05) is 10.6 Å². The highest BCUT2D eigenvalue weighted by Gasteiger charge is 2.05. The number of rotatable bonds is 2. The summed E-state index contributed by atoms with van der Waals surface area (Å²) in [6, 6.07) is 9.64. The molecule has 0 saturated heterocycles. The van der Waals surface area contributed by atoms with E-state index in [1.165, 1.54) is 0 Å². The zero-order valence-electron chi connectivity index (χ0n) is 8.46. The number of hydrogen-bond donors (Lipinski definition) is 0. The maximum Gasteiger partial charge on any atom is 0.150 e. The van der Waals surface area contributed by atoms with Crippen molar-refractivity contribution in [3.63, 3.8) is 0 Å². The molecule has 0 atom stereocenters. The van der Waals surface area contributed by atoms with Crippen LogP contribution < -0.4 is 0 Å². The van der Waals surface area contributed by atoms with Gasteiger partial charge in [-0.05, 0) is 34.9 Å². The van der Waals surface area contributed by atoms with Gasteiger partial charge < -0.3 is 0 Å². The summed E-state index contributed by atoms with van der Waals surface area (Å²) in [6.45, 7) is 2.04. The summed E-state index contributed by atoms with van der Waals surface area (Å²) in [5, 5.41) is 2.66. The van der Waals surface area contributed by atoms with E-state index >= 15 is 0 Å². The van der Waals surface area contributed by atoms with Gasteiger partial charge in [-0.3, -0.25) is 4.79 Å². The summed E-state index contributed by atoms with van der Waals surface area (Å²) in [5.74, 6) is 0. The van der Waals surface area contributed by atoms with Crippen LogP contribution in [0.25, 0.3) is 10.8 Å². The molecule has 0 bridgehead atoms. The second-order valence-corrected chi connectivity index (χ2v) is 3.91. The van der Waals surface area contributed by atoms with Crippen LogP contribution in [0.15, 0.2) is 30.3 Å². The quantitative estimate of drug-likeness (QED) is 0.700. The van der Waals surface area contributed by atoms with Crippen LogP contribution in [0, 0.1) is 0 Å². The minimum atomic E-state index is 0.666. The molecule has 0 heterocycles. The molecule has 15 heavy (non-hydrogen) atoms. The molecule has 0 aromatic heterocycles. The molecular formula is C13H11ClO. The highest BCUT2D eigenvalue weighted by atomic mass is 35.5. The van der Waals surface area contributed by atoms with Crippen LogP contribution in [-0.4, -0.2) is 6.29 Å². The fourth-order valence-electron chi connectivity index (χ4n) is 1.81. The van der Waals surface area contributed by atoms with Crippen molar-refractivity contribution in [3.05, 3.63) is 46.5 Å². The predicted octanol–water partition coefficient (Wildman–Crippen LogP) is 3.87. The van der Waals surface area contributed by atoms with E-state index in [1.807, 2.05) is 37.3 Å². The molecule has 0 spiro atoms. The minimum Gasteiger partial charge on any atom is -0.298 e. The number of halogens is 1. The number of benzene rings is 2. The minimum absolute atomic E-state index is 0.666. The number of carbonyl (C=O) groups excluding carboxylic acids is 1. The average Bonchev–Trinajstić information content (AvgIpc) is 2.27. The standard InChI is InChI=1S/C13H11ClO/c1-2-9-3-4-10-5-6-11(14)7-12(10)13(9)8-15/h3-8H,2H2,1H3. The van der Waals surface area contributed by atoms with Crippen molar-refractivity contribution >= 4 is 28.7 Å². The maximum atomic E-state index is 11.1. The van der Waals surface area contributed by atoms with Gasteiger partial charge in [0.15, 0.2) is 6.29 Å². The molecule has 2 rings (SSSR count). The molecule has 0 amide bonds. The lowest BCUT2D eigenvalue weighted by molar-refractivity contribution is 0.112.